The zero-order chi connectivity index (χ0) is 9.68. The van der Waals surface area contributed by atoms with Crippen LogP contribution >= 0.6 is 22.6 Å². The number of ketones is 1. The van der Waals surface area contributed by atoms with Crippen LogP contribution in [-0.2, 0) is 4.43 Å². The number of carbonyl (C=O) groups is 1. The normalized spacial score (nSPS) is 10.3. The van der Waals surface area contributed by atoms with E-state index in [1.165, 1.54) is 8.00 Å². The van der Waals surface area contributed by atoms with Gasteiger partial charge >= 0.3 is 104 Å². The summed E-state index contributed by atoms with van der Waals surface area (Å²) >= 11 is 2.65. The second-order valence-corrected chi connectivity index (χ2v) is 8.92. The van der Waals surface area contributed by atoms with Gasteiger partial charge in [0.2, 0.25) is 0 Å². The summed E-state index contributed by atoms with van der Waals surface area (Å²) in [6, 6.07) is 7.94. The third-order valence-corrected chi connectivity index (χ3v) is 6.21. The molecule has 1 rings (SSSR count). The van der Waals surface area contributed by atoms with Crippen LogP contribution in [0.1, 0.15) is 22.8 Å². The molecule has 72 valence electrons. The Balaban J connectivity index is 2.84. The molecule has 1 aromatic carbocycles. The van der Waals surface area contributed by atoms with Crippen LogP contribution in [0.3, 0.4) is 0 Å². The Morgan fingerprint density at radius 2 is 2.15 bits per heavy atom. The minimum atomic E-state index is 0.188. The van der Waals surface area contributed by atoms with Crippen LogP contribution in [0.4, 0.5) is 0 Å². The first kappa shape index (κ1) is 11.4. The van der Waals surface area contributed by atoms with Gasteiger partial charge in [-0.3, -0.25) is 0 Å². The molecule has 1 aromatic rings. The summed E-state index contributed by atoms with van der Waals surface area (Å²) in [5.41, 5.74) is 2.14. The number of halogens is 2. The first-order valence-electron chi connectivity index (χ1n) is 3.94. The summed E-state index contributed by atoms with van der Waals surface area (Å²) in [7, 11) is 0. The van der Waals surface area contributed by atoms with Gasteiger partial charge < -0.3 is 0 Å². The molecule has 0 aliphatic carbocycles. The summed E-state index contributed by atoms with van der Waals surface area (Å²) in [5, 5.41) is 0. The second kappa shape index (κ2) is 5.95. The predicted octanol–water partition coefficient (Wildman–Crippen LogP) is -0.129. The van der Waals surface area contributed by atoms with Crippen molar-refractivity contribution in [2.75, 3.05) is 2.43 Å². The van der Waals surface area contributed by atoms with Gasteiger partial charge in [-0.2, -0.15) is 0 Å². The molecule has 3 heteroatoms. The first-order valence-corrected chi connectivity index (χ1v) is 8.51. The van der Waals surface area contributed by atoms with Gasteiger partial charge in [0.25, 0.3) is 0 Å². The Bertz CT molecular complexity index is 297. The van der Waals surface area contributed by atoms with E-state index in [0.717, 1.165) is 9.99 Å². The second-order valence-electron chi connectivity index (χ2n) is 2.64. The van der Waals surface area contributed by atoms with Crippen molar-refractivity contribution in [3.8, 4) is 0 Å². The molecule has 0 spiro atoms. The van der Waals surface area contributed by atoms with Crippen molar-refractivity contribution in [3.63, 3.8) is 0 Å². The molecule has 1 nitrogen and oxygen atoms in total. The van der Waals surface area contributed by atoms with Crippen LogP contribution in [-0.4, -0.2) is 8.22 Å². The topological polar surface area (TPSA) is 17.1 Å². The number of hydrogen-bond acceptors (Lipinski definition) is 1. The van der Waals surface area contributed by atoms with E-state index in [1.54, 1.807) is 6.92 Å². The molecule has 0 saturated heterocycles. The van der Waals surface area contributed by atoms with E-state index >= 15 is 0 Å². The van der Waals surface area contributed by atoms with Gasteiger partial charge in [0.1, 0.15) is 0 Å². The first-order chi connectivity index (χ1) is 6.25. The molecule has 0 saturated carbocycles. The van der Waals surface area contributed by atoms with E-state index in [2.05, 4.69) is 28.7 Å². The monoisotopic (exact) mass is 401 g/mol. The van der Waals surface area contributed by atoms with Crippen LogP contribution in [0.15, 0.2) is 24.3 Å². The zero-order valence-electron chi connectivity index (χ0n) is 7.39. The third kappa shape index (κ3) is 3.53. The zero-order valence-corrected chi connectivity index (χ0v) is 11.7. The van der Waals surface area contributed by atoms with Gasteiger partial charge in [-0.25, -0.2) is 0 Å². The van der Waals surface area contributed by atoms with E-state index < -0.39 is 0 Å². The average molecular weight is 401 g/mol. The van der Waals surface area contributed by atoms with Crippen molar-refractivity contribution < 1.29 is 26.0 Å². The molecule has 0 aliphatic rings. The summed E-state index contributed by atoms with van der Waals surface area (Å²) < 4.78 is 2.38. The Labute approximate surface area is 103 Å². The third-order valence-electron chi connectivity index (χ3n) is 1.71. The molecule has 0 aromatic heterocycles. The molecule has 0 unspecified atom stereocenters. The van der Waals surface area contributed by atoms with Gasteiger partial charge in [0, 0.05) is 0 Å². The molecule has 0 fully saturated rings. The standard InChI is InChI=1S/C10H11I2O/c1-8(13)10-5-3-2-4-9(10)6-12-7-11/h2-5H,6-7H2,1H3/q-1. The molecular formula is C10H11I2O-. The Kier molecular flexibility index (Phi) is 5.23. The summed E-state index contributed by atoms with van der Waals surface area (Å²) in [4.78, 5) is 11.2. The molecular weight excluding hydrogens is 390 g/mol. The molecule has 0 aliphatic heterocycles. The summed E-state index contributed by atoms with van der Waals surface area (Å²) in [5.74, 6) is 0.188. The summed E-state index contributed by atoms with van der Waals surface area (Å²) in [6.45, 7) is 1.64. The van der Waals surface area contributed by atoms with Gasteiger partial charge in [-0.1, -0.05) is 0 Å². The number of alkyl halides is 3. The van der Waals surface area contributed by atoms with Crippen molar-refractivity contribution in [2.45, 2.75) is 11.4 Å². The number of benzene rings is 1. The minimum absolute atomic E-state index is 0.188. The Morgan fingerprint density at radius 1 is 1.46 bits per heavy atom. The molecule has 0 N–H and O–H groups in total. The van der Waals surface area contributed by atoms with Gasteiger partial charge in [-0.15, -0.1) is 0 Å². The van der Waals surface area contributed by atoms with Gasteiger partial charge in [0.05, 0.1) is 0 Å². The maximum atomic E-state index is 11.2. The van der Waals surface area contributed by atoms with Crippen molar-refractivity contribution >= 4 is 28.4 Å². The number of rotatable bonds is 4. The maximum absolute atomic E-state index is 11.2. The molecule has 0 amide bonds. The molecule has 0 heterocycles. The number of Topliss-reactive ketones (excluding diaryl/α,β-unsaturated/α-hetero) is 1. The van der Waals surface area contributed by atoms with E-state index in [0.29, 0.717) is 0 Å². The van der Waals surface area contributed by atoms with E-state index in [4.69, 9.17) is 0 Å². The van der Waals surface area contributed by atoms with Crippen LogP contribution in [0.2, 0.25) is 0 Å². The van der Waals surface area contributed by atoms with Crippen LogP contribution < -0.4 is 21.2 Å². The van der Waals surface area contributed by atoms with Crippen LogP contribution in [0, 0.1) is 0 Å². The Hall–Kier alpha value is 0.350. The van der Waals surface area contributed by atoms with Crippen LogP contribution in [0.5, 0.6) is 0 Å². The van der Waals surface area contributed by atoms with Crippen LogP contribution in [0.25, 0.3) is 0 Å². The molecule has 13 heavy (non-hydrogen) atoms. The summed E-state index contributed by atoms with van der Waals surface area (Å²) in [6.07, 6.45) is 0. The molecule has 0 radical (unpaired) electrons. The predicted molar refractivity (Wildman–Crippen MR) is 59.0 cm³/mol. The van der Waals surface area contributed by atoms with Gasteiger partial charge in [0.15, 0.2) is 0 Å². The molecule has 0 bridgehead atoms. The number of carbonyl (C=O) groups excluding carboxylic acids is 1. The van der Waals surface area contributed by atoms with E-state index in [-0.39, 0.29) is 27.0 Å². The fourth-order valence-electron chi connectivity index (χ4n) is 1.12. The van der Waals surface area contributed by atoms with Crippen molar-refractivity contribution in [1.82, 2.24) is 0 Å². The van der Waals surface area contributed by atoms with E-state index in [1.807, 2.05) is 18.2 Å². The Morgan fingerprint density at radius 3 is 2.77 bits per heavy atom. The fourth-order valence-corrected chi connectivity index (χ4v) is 3.94. The van der Waals surface area contributed by atoms with Gasteiger partial charge in [-0.05, 0) is 0 Å². The molecule has 0 atom stereocenters. The van der Waals surface area contributed by atoms with Crippen molar-refractivity contribution in [1.29, 1.82) is 0 Å². The average Bonchev–Trinajstić information content (AvgIpc) is 2.15. The quantitative estimate of drug-likeness (QED) is 0.391. The number of hydrogen-bond donors (Lipinski definition) is 0. The van der Waals surface area contributed by atoms with E-state index in [9.17, 15) is 4.79 Å². The fraction of sp³-hybridized carbons (Fsp3) is 0.300. The van der Waals surface area contributed by atoms with Crippen molar-refractivity contribution in [2.24, 2.45) is 0 Å². The van der Waals surface area contributed by atoms with Crippen molar-refractivity contribution in [3.05, 3.63) is 35.4 Å². The SMILES string of the molecule is CC(=O)c1ccccc1C[I-]CI.